The smallest absolute Gasteiger partial charge is 0.360 e. The maximum Gasteiger partial charge on any atom is 0.360 e. The van der Waals surface area contributed by atoms with Gasteiger partial charge in [0, 0.05) is 6.04 Å². The highest BCUT2D eigenvalue weighted by Gasteiger charge is 2.29. The van der Waals surface area contributed by atoms with E-state index in [0.717, 1.165) is 12.8 Å². The Morgan fingerprint density at radius 2 is 2.25 bits per heavy atom. The number of esters is 1. The first kappa shape index (κ1) is 14.8. The predicted octanol–water partition coefficient (Wildman–Crippen LogP) is 1.03. The third kappa shape index (κ3) is 3.09. The van der Waals surface area contributed by atoms with Crippen LogP contribution < -0.4 is 5.32 Å². The monoisotopic (exact) mass is 300 g/mol. The molecule has 1 aliphatic rings. The zero-order chi connectivity index (χ0) is 14.7. The standard InChI is InChI=1S/C12H17ClN4O3/c1-3-20-12(19)10-9(6-13)17(16-15-10)7(2)11(18)14-8-4-5-8/h7-8H,3-6H2,1-2H3,(H,14,18). The lowest BCUT2D eigenvalue weighted by Crippen LogP contribution is -2.33. The Morgan fingerprint density at radius 3 is 2.80 bits per heavy atom. The third-order valence-electron chi connectivity index (χ3n) is 3.06. The van der Waals surface area contributed by atoms with Crippen LogP contribution in [0.3, 0.4) is 0 Å². The molecule has 1 N–H and O–H groups in total. The molecule has 1 heterocycles. The molecule has 0 spiro atoms. The van der Waals surface area contributed by atoms with Gasteiger partial charge in [0.25, 0.3) is 0 Å². The summed E-state index contributed by atoms with van der Waals surface area (Å²) in [5.41, 5.74) is 0.455. The number of aromatic nitrogens is 3. The molecule has 0 bridgehead atoms. The van der Waals surface area contributed by atoms with Crippen LogP contribution in [0.5, 0.6) is 0 Å². The number of alkyl halides is 1. The van der Waals surface area contributed by atoms with Gasteiger partial charge in [-0.05, 0) is 26.7 Å². The molecule has 0 aliphatic heterocycles. The molecule has 0 radical (unpaired) electrons. The lowest BCUT2D eigenvalue weighted by Gasteiger charge is -2.13. The molecule has 1 aromatic rings. The minimum absolute atomic E-state index is 0.0300. The molecular weight excluding hydrogens is 284 g/mol. The second-order valence-corrected chi connectivity index (χ2v) is 4.91. The molecule has 0 saturated heterocycles. The van der Waals surface area contributed by atoms with E-state index in [1.54, 1.807) is 13.8 Å². The van der Waals surface area contributed by atoms with Gasteiger partial charge in [0.2, 0.25) is 5.91 Å². The summed E-state index contributed by atoms with van der Waals surface area (Å²) in [6.07, 6.45) is 2.01. The van der Waals surface area contributed by atoms with Gasteiger partial charge in [-0.25, -0.2) is 9.48 Å². The number of ether oxygens (including phenoxy) is 1. The number of hydrogen-bond acceptors (Lipinski definition) is 5. The van der Waals surface area contributed by atoms with Crippen molar-refractivity contribution in [3.8, 4) is 0 Å². The molecule has 20 heavy (non-hydrogen) atoms. The van der Waals surface area contributed by atoms with Crippen molar-refractivity contribution in [2.45, 2.75) is 44.7 Å². The molecule has 1 aliphatic carbocycles. The van der Waals surface area contributed by atoms with Gasteiger partial charge in [-0.3, -0.25) is 4.79 Å². The summed E-state index contributed by atoms with van der Waals surface area (Å²) in [4.78, 5) is 23.7. The Hall–Kier alpha value is -1.63. The highest BCUT2D eigenvalue weighted by molar-refractivity contribution is 6.17. The molecule has 0 aromatic carbocycles. The Bertz CT molecular complexity index is 513. The van der Waals surface area contributed by atoms with Crippen molar-refractivity contribution in [1.29, 1.82) is 0 Å². The molecule has 1 aromatic heterocycles. The number of nitrogens with zero attached hydrogens (tertiary/aromatic N) is 3. The fraction of sp³-hybridized carbons (Fsp3) is 0.667. The van der Waals surface area contributed by atoms with Gasteiger partial charge in [0.05, 0.1) is 18.2 Å². The number of nitrogens with one attached hydrogen (secondary N) is 1. The first-order valence-electron chi connectivity index (χ1n) is 6.56. The van der Waals surface area contributed by atoms with Crippen molar-refractivity contribution in [1.82, 2.24) is 20.3 Å². The van der Waals surface area contributed by atoms with E-state index < -0.39 is 12.0 Å². The maximum atomic E-state index is 12.0. The van der Waals surface area contributed by atoms with E-state index in [9.17, 15) is 9.59 Å². The number of hydrogen-bond donors (Lipinski definition) is 1. The van der Waals surface area contributed by atoms with Gasteiger partial charge in [0.1, 0.15) is 6.04 Å². The van der Waals surface area contributed by atoms with E-state index in [-0.39, 0.29) is 30.1 Å². The summed E-state index contributed by atoms with van der Waals surface area (Å²) < 4.78 is 6.26. The largest absolute Gasteiger partial charge is 0.461 e. The first-order valence-corrected chi connectivity index (χ1v) is 7.09. The van der Waals surface area contributed by atoms with Gasteiger partial charge in [0.15, 0.2) is 5.69 Å². The Morgan fingerprint density at radius 1 is 1.55 bits per heavy atom. The number of halogens is 1. The Balaban J connectivity index is 2.18. The van der Waals surface area contributed by atoms with Crippen molar-refractivity contribution < 1.29 is 14.3 Å². The normalized spacial score (nSPS) is 15.8. The summed E-state index contributed by atoms with van der Waals surface area (Å²) in [7, 11) is 0. The molecule has 7 nitrogen and oxygen atoms in total. The van der Waals surface area contributed by atoms with Crippen LogP contribution in [-0.2, 0) is 15.4 Å². The lowest BCUT2D eigenvalue weighted by atomic mass is 10.2. The van der Waals surface area contributed by atoms with Gasteiger partial charge < -0.3 is 10.1 Å². The van der Waals surface area contributed by atoms with Crippen molar-refractivity contribution in [2.24, 2.45) is 0 Å². The quantitative estimate of drug-likeness (QED) is 0.626. The molecule has 1 saturated carbocycles. The zero-order valence-corrected chi connectivity index (χ0v) is 12.2. The van der Waals surface area contributed by atoms with Crippen LogP contribution >= 0.6 is 11.6 Å². The highest BCUT2D eigenvalue weighted by atomic mass is 35.5. The maximum absolute atomic E-state index is 12.0. The van der Waals surface area contributed by atoms with Crippen molar-refractivity contribution in [2.75, 3.05) is 6.61 Å². The van der Waals surface area contributed by atoms with Crippen molar-refractivity contribution >= 4 is 23.5 Å². The summed E-state index contributed by atoms with van der Waals surface area (Å²) in [6.45, 7) is 3.64. The summed E-state index contributed by atoms with van der Waals surface area (Å²) in [6, 6.07) is -0.308. The molecule has 1 amide bonds. The van der Waals surface area contributed by atoms with E-state index in [2.05, 4.69) is 15.6 Å². The van der Waals surface area contributed by atoms with E-state index in [1.165, 1.54) is 4.68 Å². The average molecular weight is 301 g/mol. The number of carbonyl (C=O) groups excluding carboxylic acids is 2. The van der Waals surface area contributed by atoms with Gasteiger partial charge in [-0.2, -0.15) is 0 Å². The minimum Gasteiger partial charge on any atom is -0.461 e. The molecule has 2 rings (SSSR count). The van der Waals surface area contributed by atoms with Crippen LogP contribution in [0, 0.1) is 0 Å². The van der Waals surface area contributed by atoms with E-state index >= 15 is 0 Å². The fourth-order valence-corrected chi connectivity index (χ4v) is 2.02. The molecular formula is C12H17ClN4O3. The third-order valence-corrected chi connectivity index (χ3v) is 3.31. The lowest BCUT2D eigenvalue weighted by molar-refractivity contribution is -0.124. The topological polar surface area (TPSA) is 86.1 Å². The van der Waals surface area contributed by atoms with E-state index in [1.807, 2.05) is 0 Å². The van der Waals surface area contributed by atoms with Gasteiger partial charge in [-0.15, -0.1) is 16.7 Å². The summed E-state index contributed by atoms with van der Waals surface area (Å²) in [5.74, 6) is -0.703. The van der Waals surface area contributed by atoms with Crippen LogP contribution in [0.15, 0.2) is 0 Å². The molecule has 1 fully saturated rings. The molecule has 1 atom stereocenters. The van der Waals surface area contributed by atoms with Crippen LogP contribution in [-0.4, -0.2) is 39.5 Å². The number of rotatable bonds is 6. The molecule has 8 heteroatoms. The van der Waals surface area contributed by atoms with Crippen LogP contribution in [0.25, 0.3) is 0 Å². The highest BCUT2D eigenvalue weighted by Crippen LogP contribution is 2.21. The second-order valence-electron chi connectivity index (χ2n) is 4.64. The number of carbonyl (C=O) groups is 2. The average Bonchev–Trinajstić information content (AvgIpc) is 3.13. The Kier molecular flexibility index (Phi) is 4.59. The van der Waals surface area contributed by atoms with Crippen LogP contribution in [0.1, 0.15) is 48.9 Å². The predicted molar refractivity (Wildman–Crippen MR) is 71.4 cm³/mol. The van der Waals surface area contributed by atoms with Crippen molar-refractivity contribution in [3.63, 3.8) is 0 Å². The second kappa shape index (κ2) is 6.21. The number of amides is 1. The van der Waals surface area contributed by atoms with Crippen LogP contribution in [0.2, 0.25) is 0 Å². The zero-order valence-electron chi connectivity index (χ0n) is 11.4. The summed E-state index contributed by atoms with van der Waals surface area (Å²) >= 11 is 5.85. The first-order chi connectivity index (χ1) is 9.58. The van der Waals surface area contributed by atoms with Gasteiger partial charge >= 0.3 is 5.97 Å². The van der Waals surface area contributed by atoms with E-state index in [0.29, 0.717) is 5.69 Å². The molecule has 1 unspecified atom stereocenters. The SMILES string of the molecule is CCOC(=O)c1nnn(C(C)C(=O)NC2CC2)c1CCl. The summed E-state index contributed by atoms with van der Waals surface area (Å²) in [5, 5.41) is 10.5. The van der Waals surface area contributed by atoms with Gasteiger partial charge in [-0.1, -0.05) is 5.21 Å². The molecule has 110 valence electrons. The fourth-order valence-electron chi connectivity index (χ4n) is 1.77. The van der Waals surface area contributed by atoms with Crippen LogP contribution in [0.4, 0.5) is 0 Å². The van der Waals surface area contributed by atoms with E-state index in [4.69, 9.17) is 16.3 Å². The Labute approximate surface area is 121 Å². The minimum atomic E-state index is -0.579. The van der Waals surface area contributed by atoms with Crippen molar-refractivity contribution in [3.05, 3.63) is 11.4 Å².